The number of hydrogen-bond acceptors (Lipinski definition) is 4. The predicted octanol–water partition coefficient (Wildman–Crippen LogP) is 4.64. The van der Waals surface area contributed by atoms with E-state index >= 15 is 0 Å². The first-order chi connectivity index (χ1) is 16.8. The quantitative estimate of drug-likeness (QED) is 0.557. The largest absolute Gasteiger partial charge is 0.488 e. The number of nitrogens with one attached hydrogen (secondary N) is 1. The van der Waals surface area contributed by atoms with E-state index in [1.54, 1.807) is 0 Å². The van der Waals surface area contributed by atoms with E-state index in [1.165, 1.54) is 33.9 Å². The topological polar surface area (TPSA) is 46.5 Å². The van der Waals surface area contributed by atoms with Crippen molar-refractivity contribution in [2.45, 2.75) is 64.3 Å². The molecule has 2 aliphatic rings. The Morgan fingerprint density at radius 3 is 2.66 bits per heavy atom. The molecule has 0 aliphatic carbocycles. The third kappa shape index (κ3) is 5.41. The summed E-state index contributed by atoms with van der Waals surface area (Å²) in [7, 11) is 0. The Kier molecular flexibility index (Phi) is 6.64. The van der Waals surface area contributed by atoms with Crippen LogP contribution in [0.15, 0.2) is 47.3 Å². The fourth-order valence-corrected chi connectivity index (χ4v) is 5.24. The lowest BCUT2D eigenvalue weighted by molar-refractivity contribution is 0.0846. The van der Waals surface area contributed by atoms with Crippen LogP contribution in [0.2, 0.25) is 0 Å². The Hall–Kier alpha value is -2.77. The zero-order chi connectivity index (χ0) is 24.6. The fraction of sp³-hybridized carbons (Fsp3) is 0.464. The van der Waals surface area contributed by atoms with Gasteiger partial charge in [0, 0.05) is 43.2 Å². The van der Waals surface area contributed by atoms with Gasteiger partial charge in [-0.05, 0) is 81.9 Å². The minimum absolute atomic E-state index is 0.0888. The number of pyridine rings is 1. The number of benzene rings is 2. The van der Waals surface area contributed by atoms with Crippen LogP contribution in [0.25, 0.3) is 10.9 Å². The molecule has 0 bridgehead atoms. The molecule has 0 saturated carbocycles. The molecule has 2 aromatic carbocycles. The van der Waals surface area contributed by atoms with Gasteiger partial charge in [-0.3, -0.25) is 4.79 Å². The smallest absolute Gasteiger partial charge is 0.251 e. The van der Waals surface area contributed by atoms with Crippen LogP contribution in [0.3, 0.4) is 0 Å². The second-order valence-corrected chi connectivity index (χ2v) is 10.4. The van der Waals surface area contributed by atoms with Gasteiger partial charge in [0.2, 0.25) is 0 Å². The van der Waals surface area contributed by atoms with Gasteiger partial charge in [-0.15, -0.1) is 0 Å². The molecule has 1 saturated heterocycles. The number of nitrogens with zero attached hydrogens (tertiary/aromatic N) is 2. The Labute approximate surface area is 204 Å². The van der Waals surface area contributed by atoms with Crippen molar-refractivity contribution in [2.75, 3.05) is 19.6 Å². The highest BCUT2D eigenvalue weighted by Crippen LogP contribution is 2.33. The van der Waals surface area contributed by atoms with Crippen LogP contribution in [-0.4, -0.2) is 40.7 Å². The lowest BCUT2D eigenvalue weighted by Crippen LogP contribution is -2.43. The van der Waals surface area contributed by atoms with E-state index in [0.717, 1.165) is 57.1 Å². The number of rotatable bonds is 6. The number of fused-ring (bicyclic) bond motifs is 2. The number of hydrogen-bond donors (Lipinski definition) is 1. The SMILES string of the molecule is CC1(C)CCc2cc(CNC3CCN(CCn4c(=O)ccc5c(F)cc(F)cc54)CC3)ccc2O1. The maximum Gasteiger partial charge on any atom is 0.251 e. The number of piperidine rings is 1. The highest BCUT2D eigenvalue weighted by molar-refractivity contribution is 5.79. The molecule has 3 heterocycles. The normalized spacial score (nSPS) is 18.4. The molecule has 3 aromatic rings. The standard InChI is InChI=1S/C28H33F2N3O2/c1-28(2)10-7-20-15-19(3-5-26(20)35-28)18-31-22-8-11-32(12-9-22)13-14-33-25-17-21(29)16-24(30)23(25)4-6-27(33)34/h3-6,15-17,22,31H,7-14,18H2,1-2H3. The van der Waals surface area contributed by atoms with E-state index in [9.17, 15) is 13.6 Å². The predicted molar refractivity (Wildman–Crippen MR) is 134 cm³/mol. The second-order valence-electron chi connectivity index (χ2n) is 10.4. The van der Waals surface area contributed by atoms with Gasteiger partial charge < -0.3 is 19.5 Å². The maximum atomic E-state index is 14.1. The summed E-state index contributed by atoms with van der Waals surface area (Å²) in [6.07, 6.45) is 4.13. The summed E-state index contributed by atoms with van der Waals surface area (Å²) in [6, 6.07) is 11.8. The zero-order valence-electron chi connectivity index (χ0n) is 20.4. The van der Waals surface area contributed by atoms with Gasteiger partial charge in [0.25, 0.3) is 5.56 Å². The summed E-state index contributed by atoms with van der Waals surface area (Å²) < 4.78 is 35.5. The molecular weight excluding hydrogens is 448 g/mol. The summed E-state index contributed by atoms with van der Waals surface area (Å²) in [5, 5.41) is 3.96. The van der Waals surface area contributed by atoms with Crippen molar-refractivity contribution in [1.82, 2.24) is 14.8 Å². The molecule has 0 spiro atoms. The average molecular weight is 482 g/mol. The molecule has 0 unspecified atom stereocenters. The van der Waals surface area contributed by atoms with Crippen molar-refractivity contribution in [3.63, 3.8) is 0 Å². The molecule has 2 aliphatic heterocycles. The number of aromatic nitrogens is 1. The molecule has 1 aromatic heterocycles. The van der Waals surface area contributed by atoms with Crippen molar-refractivity contribution in [1.29, 1.82) is 0 Å². The summed E-state index contributed by atoms with van der Waals surface area (Å²) in [6.45, 7) is 8.04. The van der Waals surface area contributed by atoms with Gasteiger partial charge in [0.15, 0.2) is 0 Å². The van der Waals surface area contributed by atoms with E-state index in [-0.39, 0.29) is 16.5 Å². The Morgan fingerprint density at radius 2 is 1.86 bits per heavy atom. The van der Waals surface area contributed by atoms with E-state index in [1.807, 2.05) is 0 Å². The zero-order valence-corrected chi connectivity index (χ0v) is 20.4. The van der Waals surface area contributed by atoms with Crippen LogP contribution in [0.1, 0.15) is 44.2 Å². The monoisotopic (exact) mass is 481 g/mol. The number of aryl methyl sites for hydroxylation is 1. The van der Waals surface area contributed by atoms with Crippen LogP contribution in [0, 0.1) is 11.6 Å². The van der Waals surface area contributed by atoms with Crippen LogP contribution < -0.4 is 15.6 Å². The summed E-state index contributed by atoms with van der Waals surface area (Å²) in [5.74, 6) is -0.304. The first-order valence-corrected chi connectivity index (χ1v) is 12.5. The van der Waals surface area contributed by atoms with Gasteiger partial charge in [-0.2, -0.15) is 0 Å². The van der Waals surface area contributed by atoms with Crippen molar-refractivity contribution in [3.05, 3.63) is 75.6 Å². The molecule has 1 fully saturated rings. The van der Waals surface area contributed by atoms with Gasteiger partial charge >= 0.3 is 0 Å². The third-order valence-electron chi connectivity index (χ3n) is 7.35. The molecule has 1 N–H and O–H groups in total. The van der Waals surface area contributed by atoms with Crippen LogP contribution in [0.4, 0.5) is 8.78 Å². The second kappa shape index (κ2) is 9.70. The van der Waals surface area contributed by atoms with Crippen molar-refractivity contribution in [2.24, 2.45) is 0 Å². The first-order valence-electron chi connectivity index (χ1n) is 12.5. The molecule has 0 radical (unpaired) electrons. The molecule has 7 heteroatoms. The molecule has 0 atom stereocenters. The van der Waals surface area contributed by atoms with Crippen molar-refractivity contribution >= 4 is 10.9 Å². The molecule has 0 amide bonds. The Balaban J connectivity index is 1.13. The molecule has 35 heavy (non-hydrogen) atoms. The highest BCUT2D eigenvalue weighted by atomic mass is 19.1. The lowest BCUT2D eigenvalue weighted by atomic mass is 9.93. The van der Waals surface area contributed by atoms with Gasteiger partial charge in [0.1, 0.15) is 23.0 Å². The Morgan fingerprint density at radius 1 is 1.06 bits per heavy atom. The van der Waals surface area contributed by atoms with E-state index in [0.29, 0.717) is 24.6 Å². The Bertz CT molecular complexity index is 1280. The van der Waals surface area contributed by atoms with Crippen molar-refractivity contribution < 1.29 is 13.5 Å². The minimum Gasteiger partial charge on any atom is -0.488 e. The van der Waals surface area contributed by atoms with Crippen LogP contribution >= 0.6 is 0 Å². The maximum absolute atomic E-state index is 14.1. The van der Waals surface area contributed by atoms with E-state index in [4.69, 9.17) is 4.74 Å². The summed E-state index contributed by atoms with van der Waals surface area (Å²) in [5.41, 5.74) is 2.56. The minimum atomic E-state index is -0.670. The van der Waals surface area contributed by atoms with Gasteiger partial charge in [-0.25, -0.2) is 8.78 Å². The number of ether oxygens (including phenoxy) is 1. The number of likely N-dealkylation sites (tertiary alicyclic amines) is 1. The number of halogens is 2. The van der Waals surface area contributed by atoms with Crippen molar-refractivity contribution in [3.8, 4) is 5.75 Å². The third-order valence-corrected chi connectivity index (χ3v) is 7.35. The van der Waals surface area contributed by atoms with Crippen LogP contribution in [0.5, 0.6) is 5.75 Å². The van der Waals surface area contributed by atoms with Gasteiger partial charge in [-0.1, -0.05) is 12.1 Å². The highest BCUT2D eigenvalue weighted by Gasteiger charge is 2.26. The molecule has 5 nitrogen and oxygen atoms in total. The fourth-order valence-electron chi connectivity index (χ4n) is 5.24. The van der Waals surface area contributed by atoms with E-state index < -0.39 is 11.6 Å². The van der Waals surface area contributed by atoms with E-state index in [2.05, 4.69) is 42.3 Å². The van der Waals surface area contributed by atoms with Gasteiger partial charge in [0.05, 0.1) is 5.52 Å². The molecule has 186 valence electrons. The summed E-state index contributed by atoms with van der Waals surface area (Å²) in [4.78, 5) is 14.7. The molecular formula is C28H33F2N3O2. The first kappa shape index (κ1) is 23.9. The summed E-state index contributed by atoms with van der Waals surface area (Å²) >= 11 is 0. The lowest BCUT2D eigenvalue weighted by Gasteiger charge is -2.33. The molecule has 5 rings (SSSR count). The van der Waals surface area contributed by atoms with Crippen LogP contribution in [-0.2, 0) is 19.5 Å². The average Bonchev–Trinajstić information content (AvgIpc) is 2.82.